The molecule has 19 heavy (non-hydrogen) atoms. The van der Waals surface area contributed by atoms with Gasteiger partial charge in [0.2, 0.25) is 0 Å². The fourth-order valence-electron chi connectivity index (χ4n) is 2.58. The summed E-state index contributed by atoms with van der Waals surface area (Å²) in [5.74, 6) is 0. The van der Waals surface area contributed by atoms with Crippen molar-refractivity contribution in [3.05, 3.63) is 28.8 Å². The molecule has 104 valence electrons. The summed E-state index contributed by atoms with van der Waals surface area (Å²) in [6, 6.07) is 7.39. The van der Waals surface area contributed by atoms with E-state index in [9.17, 15) is 0 Å². The van der Waals surface area contributed by atoms with Gasteiger partial charge in [0.1, 0.15) is 0 Å². The number of halogens is 1. The van der Waals surface area contributed by atoms with Crippen LogP contribution in [0.3, 0.4) is 0 Å². The van der Waals surface area contributed by atoms with Crippen LogP contribution in [0.5, 0.6) is 0 Å². The normalized spacial score (nSPS) is 22.7. The molecule has 1 saturated heterocycles. The minimum absolute atomic E-state index is 0.471. The molecule has 2 aliphatic rings. The van der Waals surface area contributed by atoms with Crippen molar-refractivity contribution in [2.45, 2.75) is 37.9 Å². The molecule has 0 amide bonds. The van der Waals surface area contributed by atoms with Gasteiger partial charge in [0, 0.05) is 37.0 Å². The molecule has 1 aromatic carbocycles. The average molecular weight is 281 g/mol. The maximum atomic E-state index is 6.16. The molecule has 1 heterocycles. The molecular formula is C15H21ClN2O. The van der Waals surface area contributed by atoms with Crippen LogP contribution in [0.4, 0.5) is 5.69 Å². The van der Waals surface area contributed by atoms with Crippen LogP contribution in [0.15, 0.2) is 18.2 Å². The van der Waals surface area contributed by atoms with E-state index in [2.05, 4.69) is 29.4 Å². The number of rotatable bonds is 5. The minimum atomic E-state index is 0.471. The van der Waals surface area contributed by atoms with Gasteiger partial charge in [-0.2, -0.15) is 0 Å². The van der Waals surface area contributed by atoms with Crippen LogP contribution >= 0.6 is 11.6 Å². The first-order valence-corrected chi connectivity index (χ1v) is 7.44. The zero-order valence-corrected chi connectivity index (χ0v) is 12.1. The zero-order chi connectivity index (χ0) is 13.2. The standard InChI is InChI=1S/C15H21ClN2O/c1-18(14-6-7-19-10-14)15-8-12(16)3-2-11(15)9-17-13-4-5-13/h2-3,8,13-14,17H,4-7,9-10H2,1H3. The topological polar surface area (TPSA) is 24.5 Å². The Kier molecular flexibility index (Phi) is 3.96. The van der Waals surface area contributed by atoms with Crippen LogP contribution in [0, 0.1) is 0 Å². The summed E-state index contributed by atoms with van der Waals surface area (Å²) >= 11 is 6.16. The van der Waals surface area contributed by atoms with Crippen molar-refractivity contribution in [3.63, 3.8) is 0 Å². The highest BCUT2D eigenvalue weighted by molar-refractivity contribution is 6.30. The number of hydrogen-bond acceptors (Lipinski definition) is 3. The summed E-state index contributed by atoms with van der Waals surface area (Å²) in [5, 5.41) is 4.38. The van der Waals surface area contributed by atoms with Crippen molar-refractivity contribution in [3.8, 4) is 0 Å². The van der Waals surface area contributed by atoms with Crippen molar-refractivity contribution in [1.29, 1.82) is 0 Å². The van der Waals surface area contributed by atoms with Crippen LogP contribution in [0.1, 0.15) is 24.8 Å². The Bertz CT molecular complexity index is 442. The maximum Gasteiger partial charge on any atom is 0.0670 e. The van der Waals surface area contributed by atoms with Crippen LogP contribution in [0.2, 0.25) is 5.02 Å². The van der Waals surface area contributed by atoms with Crippen molar-refractivity contribution in [2.24, 2.45) is 0 Å². The van der Waals surface area contributed by atoms with Crippen LogP contribution in [-0.2, 0) is 11.3 Å². The molecule has 1 saturated carbocycles. The molecule has 1 N–H and O–H groups in total. The Balaban J connectivity index is 1.77. The lowest BCUT2D eigenvalue weighted by atomic mass is 10.1. The van der Waals surface area contributed by atoms with E-state index >= 15 is 0 Å². The number of nitrogens with zero attached hydrogens (tertiary/aromatic N) is 1. The van der Waals surface area contributed by atoms with Gasteiger partial charge in [0.15, 0.2) is 0 Å². The minimum Gasteiger partial charge on any atom is -0.379 e. The van der Waals surface area contributed by atoms with E-state index in [1.165, 1.54) is 24.1 Å². The fourth-order valence-corrected chi connectivity index (χ4v) is 2.75. The highest BCUT2D eigenvalue weighted by atomic mass is 35.5. The second-order valence-corrected chi connectivity index (χ2v) is 5.99. The molecule has 1 unspecified atom stereocenters. The third-order valence-corrected chi connectivity index (χ3v) is 4.27. The van der Waals surface area contributed by atoms with E-state index < -0.39 is 0 Å². The number of benzene rings is 1. The van der Waals surface area contributed by atoms with E-state index in [-0.39, 0.29) is 0 Å². The SMILES string of the molecule is CN(c1cc(Cl)ccc1CNC1CC1)C1CCOC1. The van der Waals surface area contributed by atoms with Crippen molar-refractivity contribution >= 4 is 17.3 Å². The summed E-state index contributed by atoms with van der Waals surface area (Å²) in [6.45, 7) is 2.61. The molecule has 3 nitrogen and oxygen atoms in total. The van der Waals surface area contributed by atoms with Crippen molar-refractivity contribution in [1.82, 2.24) is 5.32 Å². The highest BCUT2D eigenvalue weighted by Crippen LogP contribution is 2.28. The molecule has 0 bridgehead atoms. The molecule has 4 heteroatoms. The molecule has 3 rings (SSSR count). The zero-order valence-electron chi connectivity index (χ0n) is 11.4. The first-order chi connectivity index (χ1) is 9.24. The molecule has 0 radical (unpaired) electrons. The number of likely N-dealkylation sites (N-methyl/N-ethyl adjacent to an activating group) is 1. The molecule has 1 aliphatic carbocycles. The molecule has 1 aliphatic heterocycles. The van der Waals surface area contributed by atoms with Gasteiger partial charge in [-0.05, 0) is 37.0 Å². The van der Waals surface area contributed by atoms with Gasteiger partial charge in [0.05, 0.1) is 12.6 Å². The predicted molar refractivity (Wildman–Crippen MR) is 78.9 cm³/mol. The lowest BCUT2D eigenvalue weighted by Crippen LogP contribution is -2.33. The van der Waals surface area contributed by atoms with Gasteiger partial charge in [-0.25, -0.2) is 0 Å². The Labute approximate surface area is 119 Å². The molecule has 1 atom stereocenters. The lowest BCUT2D eigenvalue weighted by Gasteiger charge is -2.28. The van der Waals surface area contributed by atoms with E-state index in [0.717, 1.165) is 37.2 Å². The first kappa shape index (κ1) is 13.2. The van der Waals surface area contributed by atoms with E-state index in [4.69, 9.17) is 16.3 Å². The fraction of sp³-hybridized carbons (Fsp3) is 0.600. The van der Waals surface area contributed by atoms with E-state index in [1.54, 1.807) is 0 Å². The average Bonchev–Trinajstić information content (AvgIpc) is 3.08. The van der Waals surface area contributed by atoms with E-state index in [0.29, 0.717) is 6.04 Å². The Morgan fingerprint density at radius 3 is 2.89 bits per heavy atom. The van der Waals surface area contributed by atoms with Gasteiger partial charge in [-0.1, -0.05) is 17.7 Å². The van der Waals surface area contributed by atoms with Crippen LogP contribution in [0.25, 0.3) is 0 Å². The summed E-state index contributed by atoms with van der Waals surface area (Å²) < 4.78 is 5.49. The summed E-state index contributed by atoms with van der Waals surface area (Å²) in [4.78, 5) is 2.32. The van der Waals surface area contributed by atoms with Crippen LogP contribution in [-0.4, -0.2) is 32.3 Å². The second-order valence-electron chi connectivity index (χ2n) is 5.56. The second kappa shape index (κ2) is 5.70. The Hall–Kier alpha value is -0.770. The maximum absolute atomic E-state index is 6.16. The van der Waals surface area contributed by atoms with Gasteiger partial charge in [-0.3, -0.25) is 0 Å². The summed E-state index contributed by atoms with van der Waals surface area (Å²) in [6.07, 6.45) is 3.73. The smallest absolute Gasteiger partial charge is 0.0670 e. The highest BCUT2D eigenvalue weighted by Gasteiger charge is 2.24. The van der Waals surface area contributed by atoms with Gasteiger partial charge in [0.25, 0.3) is 0 Å². The Morgan fingerprint density at radius 2 is 2.21 bits per heavy atom. The van der Waals surface area contributed by atoms with Gasteiger partial charge in [-0.15, -0.1) is 0 Å². The molecule has 0 spiro atoms. The Morgan fingerprint density at radius 1 is 1.37 bits per heavy atom. The largest absolute Gasteiger partial charge is 0.379 e. The molecule has 2 fully saturated rings. The summed E-state index contributed by atoms with van der Waals surface area (Å²) in [7, 11) is 2.14. The third-order valence-electron chi connectivity index (χ3n) is 4.04. The number of ether oxygens (including phenoxy) is 1. The molecular weight excluding hydrogens is 260 g/mol. The number of hydrogen-bond donors (Lipinski definition) is 1. The van der Waals surface area contributed by atoms with Gasteiger partial charge >= 0.3 is 0 Å². The third kappa shape index (κ3) is 3.22. The van der Waals surface area contributed by atoms with Gasteiger partial charge < -0.3 is 15.0 Å². The quantitative estimate of drug-likeness (QED) is 0.898. The van der Waals surface area contributed by atoms with Crippen LogP contribution < -0.4 is 10.2 Å². The molecule has 1 aromatic rings. The number of nitrogens with one attached hydrogen (secondary N) is 1. The number of anilines is 1. The van der Waals surface area contributed by atoms with Crippen molar-refractivity contribution < 1.29 is 4.74 Å². The predicted octanol–water partition coefficient (Wildman–Crippen LogP) is 2.82. The molecule has 0 aromatic heterocycles. The monoisotopic (exact) mass is 280 g/mol. The lowest BCUT2D eigenvalue weighted by molar-refractivity contribution is 0.193. The van der Waals surface area contributed by atoms with Crippen molar-refractivity contribution in [2.75, 3.05) is 25.2 Å². The first-order valence-electron chi connectivity index (χ1n) is 7.06. The van der Waals surface area contributed by atoms with E-state index in [1.807, 2.05) is 6.07 Å². The summed E-state index contributed by atoms with van der Waals surface area (Å²) in [5.41, 5.74) is 2.56.